The van der Waals surface area contributed by atoms with Crippen LogP contribution in [-0.4, -0.2) is 28.6 Å². The highest BCUT2D eigenvalue weighted by molar-refractivity contribution is 6.02. The number of aliphatic imine (C=N–C) groups is 1. The molecule has 0 atom stereocenters. The lowest BCUT2D eigenvalue weighted by molar-refractivity contribution is 0.194. The molecule has 5 N–H and O–H groups in total. The van der Waals surface area contributed by atoms with Crippen molar-refractivity contribution in [2.75, 3.05) is 6.54 Å². The Kier molecular flexibility index (Phi) is 4.47. The monoisotopic (exact) mass is 322 g/mol. The van der Waals surface area contributed by atoms with Crippen LogP contribution in [0.2, 0.25) is 0 Å². The van der Waals surface area contributed by atoms with Gasteiger partial charge in [-0.05, 0) is 42.3 Å². The third-order valence-electron chi connectivity index (χ3n) is 3.74. The van der Waals surface area contributed by atoms with Crippen LogP contribution in [0.4, 0.5) is 10.5 Å². The zero-order valence-corrected chi connectivity index (χ0v) is 13.0. The molecule has 6 nitrogen and oxygen atoms in total. The number of hydrogen-bond acceptors (Lipinski definition) is 2. The molecule has 0 saturated heterocycles. The number of carbonyl (C=O) groups is 1. The van der Waals surface area contributed by atoms with E-state index >= 15 is 0 Å². The molecule has 0 bridgehead atoms. The highest BCUT2D eigenvalue weighted by Crippen LogP contribution is 2.21. The second-order valence-corrected chi connectivity index (χ2v) is 5.39. The van der Waals surface area contributed by atoms with Gasteiger partial charge in [0.25, 0.3) is 0 Å². The number of para-hydroxylation sites is 1. The van der Waals surface area contributed by atoms with Gasteiger partial charge in [0.05, 0.1) is 5.69 Å². The first-order valence-electron chi connectivity index (χ1n) is 7.60. The summed E-state index contributed by atoms with van der Waals surface area (Å²) in [7, 11) is 0. The third-order valence-corrected chi connectivity index (χ3v) is 3.74. The number of aromatic amines is 1. The van der Waals surface area contributed by atoms with E-state index in [1.54, 1.807) is 0 Å². The zero-order valence-electron chi connectivity index (χ0n) is 13.0. The fourth-order valence-corrected chi connectivity index (χ4v) is 2.55. The van der Waals surface area contributed by atoms with Crippen molar-refractivity contribution < 1.29 is 9.90 Å². The van der Waals surface area contributed by atoms with Gasteiger partial charge in [-0.3, -0.25) is 0 Å². The van der Waals surface area contributed by atoms with Crippen molar-refractivity contribution >= 4 is 28.5 Å². The molecule has 0 saturated carbocycles. The number of H-pyrrole nitrogens is 1. The van der Waals surface area contributed by atoms with E-state index in [0.29, 0.717) is 18.8 Å². The smallest absolute Gasteiger partial charge is 0.404 e. The molecule has 0 spiro atoms. The van der Waals surface area contributed by atoms with Gasteiger partial charge < -0.3 is 21.1 Å². The van der Waals surface area contributed by atoms with Crippen LogP contribution >= 0.6 is 0 Å². The molecular weight excluding hydrogens is 304 g/mol. The van der Waals surface area contributed by atoms with E-state index in [0.717, 1.165) is 27.7 Å². The topological polar surface area (TPSA) is 103 Å². The molecule has 3 aromatic rings. The molecule has 0 aliphatic heterocycles. The van der Waals surface area contributed by atoms with Crippen molar-refractivity contribution in [2.45, 2.75) is 6.42 Å². The second kappa shape index (κ2) is 6.87. The van der Waals surface area contributed by atoms with Crippen molar-refractivity contribution in [2.24, 2.45) is 10.7 Å². The molecule has 6 heteroatoms. The molecular formula is C18H18N4O2. The Balaban J connectivity index is 1.87. The zero-order chi connectivity index (χ0) is 16.9. The Labute approximate surface area is 139 Å². The highest BCUT2D eigenvalue weighted by atomic mass is 16.4. The van der Waals surface area contributed by atoms with E-state index in [4.69, 9.17) is 10.8 Å². The molecule has 1 heterocycles. The summed E-state index contributed by atoms with van der Waals surface area (Å²) in [5, 5.41) is 12.1. The number of hydrogen-bond donors (Lipinski definition) is 4. The average molecular weight is 322 g/mol. The van der Waals surface area contributed by atoms with E-state index in [-0.39, 0.29) is 0 Å². The van der Waals surface area contributed by atoms with Gasteiger partial charge in [0.1, 0.15) is 5.84 Å². The summed E-state index contributed by atoms with van der Waals surface area (Å²) in [4.78, 5) is 18.2. The van der Waals surface area contributed by atoms with Crippen LogP contribution in [-0.2, 0) is 6.42 Å². The molecule has 0 unspecified atom stereocenters. The quantitative estimate of drug-likeness (QED) is 0.429. The largest absolute Gasteiger partial charge is 0.465 e. The van der Waals surface area contributed by atoms with E-state index in [1.807, 2.05) is 54.7 Å². The summed E-state index contributed by atoms with van der Waals surface area (Å²) < 4.78 is 0. The number of amidine groups is 1. The van der Waals surface area contributed by atoms with Crippen LogP contribution in [0.25, 0.3) is 10.9 Å². The first-order chi connectivity index (χ1) is 11.6. The minimum atomic E-state index is -1.02. The third kappa shape index (κ3) is 3.55. The fourth-order valence-electron chi connectivity index (χ4n) is 2.55. The number of aromatic nitrogens is 1. The predicted octanol–water partition coefficient (Wildman–Crippen LogP) is 3.02. The molecule has 0 fully saturated rings. The maximum atomic E-state index is 10.6. The van der Waals surface area contributed by atoms with Crippen molar-refractivity contribution in [1.82, 2.24) is 10.3 Å². The Hall–Kier alpha value is -3.28. The fraction of sp³-hybridized carbons (Fsp3) is 0.111. The lowest BCUT2D eigenvalue weighted by Crippen LogP contribution is -2.23. The van der Waals surface area contributed by atoms with Crippen molar-refractivity contribution in [1.29, 1.82) is 0 Å². The molecule has 1 amide bonds. The van der Waals surface area contributed by atoms with Gasteiger partial charge in [0.15, 0.2) is 0 Å². The van der Waals surface area contributed by atoms with Crippen molar-refractivity contribution in [3.63, 3.8) is 0 Å². The molecule has 0 radical (unpaired) electrons. The maximum Gasteiger partial charge on any atom is 0.404 e. The minimum absolute atomic E-state index is 0.361. The molecule has 3 rings (SSSR count). The summed E-state index contributed by atoms with van der Waals surface area (Å²) in [5.74, 6) is 0.443. The standard InChI is InChI=1S/C18H18N4O2/c19-17(22-14-4-2-1-3-5-14)12-6-7-16-15(10-12)13(11-21-16)8-9-20-18(23)24/h1-7,10-11,20-21H,8-9H2,(H2,19,22)(H,23,24). The Morgan fingerprint density at radius 1 is 1.21 bits per heavy atom. The molecule has 0 aliphatic carbocycles. The van der Waals surface area contributed by atoms with Crippen molar-refractivity contribution in [3.05, 3.63) is 65.9 Å². The van der Waals surface area contributed by atoms with Crippen LogP contribution in [0, 0.1) is 0 Å². The van der Waals surface area contributed by atoms with Gasteiger partial charge in [-0.25, -0.2) is 9.79 Å². The number of rotatable bonds is 5. The Morgan fingerprint density at radius 2 is 2.00 bits per heavy atom. The van der Waals surface area contributed by atoms with Crippen LogP contribution in [0.15, 0.2) is 59.7 Å². The van der Waals surface area contributed by atoms with Gasteiger partial charge in [-0.15, -0.1) is 0 Å². The molecule has 122 valence electrons. The van der Waals surface area contributed by atoms with E-state index in [9.17, 15) is 4.79 Å². The average Bonchev–Trinajstić information content (AvgIpc) is 2.98. The Bertz CT molecular complexity index is 884. The highest BCUT2D eigenvalue weighted by Gasteiger charge is 2.07. The van der Waals surface area contributed by atoms with Crippen LogP contribution < -0.4 is 11.1 Å². The van der Waals surface area contributed by atoms with Crippen LogP contribution in [0.5, 0.6) is 0 Å². The van der Waals surface area contributed by atoms with Crippen LogP contribution in [0.3, 0.4) is 0 Å². The van der Waals surface area contributed by atoms with Gasteiger partial charge in [0, 0.05) is 29.2 Å². The lowest BCUT2D eigenvalue weighted by atomic mass is 10.1. The van der Waals surface area contributed by atoms with Gasteiger partial charge in [-0.1, -0.05) is 18.2 Å². The second-order valence-electron chi connectivity index (χ2n) is 5.39. The van der Waals surface area contributed by atoms with Gasteiger partial charge in [0.2, 0.25) is 0 Å². The summed E-state index contributed by atoms with van der Waals surface area (Å²) in [6, 6.07) is 15.4. The summed E-state index contributed by atoms with van der Waals surface area (Å²) in [6.45, 7) is 0.361. The molecule has 0 aliphatic rings. The number of nitrogens with two attached hydrogens (primary N) is 1. The minimum Gasteiger partial charge on any atom is -0.465 e. The summed E-state index contributed by atoms with van der Waals surface area (Å²) >= 11 is 0. The van der Waals surface area contributed by atoms with E-state index in [2.05, 4.69) is 15.3 Å². The van der Waals surface area contributed by atoms with E-state index in [1.165, 1.54) is 0 Å². The first kappa shape index (κ1) is 15.6. The van der Waals surface area contributed by atoms with Gasteiger partial charge >= 0.3 is 6.09 Å². The number of nitrogens with zero attached hydrogens (tertiary/aromatic N) is 1. The summed E-state index contributed by atoms with van der Waals surface area (Å²) in [6.07, 6.45) is 1.48. The molecule has 2 aromatic carbocycles. The summed E-state index contributed by atoms with van der Waals surface area (Å²) in [5.41, 5.74) is 9.78. The normalized spacial score (nSPS) is 11.6. The van der Waals surface area contributed by atoms with Crippen molar-refractivity contribution in [3.8, 4) is 0 Å². The molecule has 1 aromatic heterocycles. The maximum absolute atomic E-state index is 10.6. The molecule has 24 heavy (non-hydrogen) atoms. The number of amides is 1. The number of carboxylic acid groups (broad SMARTS) is 1. The number of benzene rings is 2. The SMILES string of the molecule is N/C(=N/c1ccccc1)c1ccc2[nH]cc(CCNC(=O)O)c2c1. The number of fused-ring (bicyclic) bond motifs is 1. The predicted molar refractivity (Wildman–Crippen MR) is 94.9 cm³/mol. The number of nitrogens with one attached hydrogen (secondary N) is 2. The van der Waals surface area contributed by atoms with Gasteiger partial charge in [-0.2, -0.15) is 0 Å². The first-order valence-corrected chi connectivity index (χ1v) is 7.60. The van der Waals surface area contributed by atoms with Crippen LogP contribution in [0.1, 0.15) is 11.1 Å². The lowest BCUT2D eigenvalue weighted by Gasteiger charge is -2.04. The van der Waals surface area contributed by atoms with E-state index < -0.39 is 6.09 Å². The Morgan fingerprint density at radius 3 is 2.75 bits per heavy atom.